The highest BCUT2D eigenvalue weighted by molar-refractivity contribution is 6.32. The van der Waals surface area contributed by atoms with Crippen molar-refractivity contribution in [2.75, 3.05) is 45.9 Å². The topological polar surface area (TPSA) is 42.0 Å². The lowest BCUT2D eigenvalue weighted by Gasteiger charge is -2.34. The van der Waals surface area contributed by atoms with Crippen LogP contribution in [-0.4, -0.2) is 61.6 Å². The molecule has 2 aliphatic heterocycles. The van der Waals surface area contributed by atoms with E-state index in [9.17, 15) is 4.79 Å². The van der Waals surface area contributed by atoms with E-state index in [2.05, 4.69) is 29.2 Å². The van der Waals surface area contributed by atoms with Crippen LogP contribution in [0.1, 0.15) is 17.5 Å². The highest BCUT2D eigenvalue weighted by Crippen LogP contribution is 2.38. The van der Waals surface area contributed by atoms with Crippen molar-refractivity contribution >= 4 is 23.6 Å². The summed E-state index contributed by atoms with van der Waals surface area (Å²) in [7, 11) is 0. The third-order valence-electron chi connectivity index (χ3n) is 5.42. The van der Waals surface area contributed by atoms with Gasteiger partial charge in [-0.1, -0.05) is 54.1 Å². The molecule has 158 valence electrons. The molecule has 6 heteroatoms. The minimum absolute atomic E-state index is 0.125. The van der Waals surface area contributed by atoms with E-state index in [-0.39, 0.29) is 5.91 Å². The molecule has 1 saturated heterocycles. The minimum atomic E-state index is 0.125. The molecule has 0 radical (unpaired) electrons. The van der Waals surface area contributed by atoms with E-state index in [0.717, 1.165) is 44.7 Å². The van der Waals surface area contributed by atoms with Crippen molar-refractivity contribution in [2.24, 2.45) is 0 Å². The molecule has 2 aliphatic rings. The molecular weight excluding hydrogens is 400 g/mol. The Kier molecular flexibility index (Phi) is 6.92. The number of rotatable bonds is 5. The summed E-state index contributed by atoms with van der Waals surface area (Å²) >= 11 is 6.36. The zero-order valence-electron chi connectivity index (χ0n) is 17.1. The van der Waals surface area contributed by atoms with Crippen LogP contribution in [0.25, 0.3) is 6.08 Å². The second kappa shape index (κ2) is 10.0. The maximum Gasteiger partial charge on any atom is 0.227 e. The number of ether oxygens (including phenoxy) is 2. The summed E-state index contributed by atoms with van der Waals surface area (Å²) in [6.45, 7) is 5.35. The first-order chi connectivity index (χ1) is 14.7. The van der Waals surface area contributed by atoms with Crippen LogP contribution in [-0.2, 0) is 11.2 Å². The van der Waals surface area contributed by atoms with Gasteiger partial charge in [0.25, 0.3) is 0 Å². The molecule has 0 atom stereocenters. The number of piperazine rings is 1. The number of benzene rings is 2. The average molecular weight is 427 g/mol. The van der Waals surface area contributed by atoms with Crippen molar-refractivity contribution in [3.8, 4) is 11.5 Å². The van der Waals surface area contributed by atoms with Gasteiger partial charge in [-0.3, -0.25) is 9.69 Å². The maximum atomic E-state index is 12.8. The van der Waals surface area contributed by atoms with Gasteiger partial charge < -0.3 is 14.4 Å². The van der Waals surface area contributed by atoms with Crippen molar-refractivity contribution in [2.45, 2.75) is 12.8 Å². The summed E-state index contributed by atoms with van der Waals surface area (Å²) in [4.78, 5) is 17.1. The molecular formula is C24H27ClN2O3. The lowest BCUT2D eigenvalue weighted by atomic mass is 10.1. The van der Waals surface area contributed by atoms with Crippen molar-refractivity contribution in [3.05, 3.63) is 64.7 Å². The van der Waals surface area contributed by atoms with Crippen LogP contribution in [0.15, 0.2) is 48.5 Å². The van der Waals surface area contributed by atoms with E-state index in [1.54, 1.807) is 0 Å². The van der Waals surface area contributed by atoms with Crippen molar-refractivity contribution < 1.29 is 14.3 Å². The quantitative estimate of drug-likeness (QED) is 0.727. The van der Waals surface area contributed by atoms with Gasteiger partial charge in [0.05, 0.1) is 24.7 Å². The van der Waals surface area contributed by atoms with Crippen LogP contribution < -0.4 is 9.47 Å². The number of hydrogen-bond acceptors (Lipinski definition) is 4. The predicted molar refractivity (Wildman–Crippen MR) is 119 cm³/mol. The first kappa shape index (κ1) is 20.8. The number of amides is 1. The second-order valence-electron chi connectivity index (χ2n) is 7.63. The fraction of sp³-hybridized carbons (Fsp3) is 0.375. The van der Waals surface area contributed by atoms with Crippen LogP contribution in [0, 0.1) is 0 Å². The average Bonchev–Trinajstić information content (AvgIpc) is 3.01. The van der Waals surface area contributed by atoms with E-state index >= 15 is 0 Å². The van der Waals surface area contributed by atoms with Crippen molar-refractivity contribution in [3.63, 3.8) is 0 Å². The molecule has 4 rings (SSSR count). The lowest BCUT2D eigenvalue weighted by Crippen LogP contribution is -2.49. The van der Waals surface area contributed by atoms with Gasteiger partial charge in [-0.2, -0.15) is 0 Å². The Labute approximate surface area is 182 Å². The first-order valence-corrected chi connectivity index (χ1v) is 10.9. The predicted octanol–water partition coefficient (Wildman–Crippen LogP) is 3.90. The van der Waals surface area contributed by atoms with Gasteiger partial charge in [0.1, 0.15) is 0 Å². The molecule has 1 amide bonds. The van der Waals surface area contributed by atoms with Crippen molar-refractivity contribution in [1.82, 2.24) is 9.80 Å². The number of halogens is 1. The van der Waals surface area contributed by atoms with Crippen LogP contribution >= 0.6 is 11.6 Å². The van der Waals surface area contributed by atoms with Gasteiger partial charge in [-0.15, -0.1) is 0 Å². The monoisotopic (exact) mass is 426 g/mol. The molecule has 5 nitrogen and oxygen atoms in total. The van der Waals surface area contributed by atoms with E-state index in [0.29, 0.717) is 36.2 Å². The third-order valence-corrected chi connectivity index (χ3v) is 5.70. The van der Waals surface area contributed by atoms with E-state index < -0.39 is 0 Å². The molecule has 2 heterocycles. The Balaban J connectivity index is 1.28. The first-order valence-electron chi connectivity index (χ1n) is 10.5. The fourth-order valence-corrected chi connectivity index (χ4v) is 4.04. The normalized spacial score (nSPS) is 17.2. The molecule has 2 aromatic carbocycles. The van der Waals surface area contributed by atoms with Crippen LogP contribution in [0.2, 0.25) is 5.02 Å². The summed E-state index contributed by atoms with van der Waals surface area (Å²) in [5.41, 5.74) is 2.07. The van der Waals surface area contributed by atoms with Gasteiger partial charge >= 0.3 is 0 Å². The van der Waals surface area contributed by atoms with E-state index in [4.69, 9.17) is 21.1 Å². The summed E-state index contributed by atoms with van der Waals surface area (Å²) in [5, 5.41) is 0.507. The second-order valence-corrected chi connectivity index (χ2v) is 8.03. The van der Waals surface area contributed by atoms with E-state index in [1.807, 2.05) is 35.2 Å². The lowest BCUT2D eigenvalue weighted by molar-refractivity contribution is -0.132. The largest absolute Gasteiger partial charge is 0.489 e. The zero-order chi connectivity index (χ0) is 20.8. The zero-order valence-corrected chi connectivity index (χ0v) is 17.8. The maximum absolute atomic E-state index is 12.8. The summed E-state index contributed by atoms with van der Waals surface area (Å²) in [6.07, 6.45) is 5.48. The molecule has 1 fully saturated rings. The van der Waals surface area contributed by atoms with Crippen LogP contribution in [0.4, 0.5) is 0 Å². The minimum Gasteiger partial charge on any atom is -0.489 e. The molecule has 0 spiro atoms. The van der Waals surface area contributed by atoms with Gasteiger partial charge in [-0.25, -0.2) is 0 Å². The fourth-order valence-electron chi connectivity index (χ4n) is 3.75. The Hall–Kier alpha value is -2.50. The Morgan fingerprint density at radius 1 is 1.03 bits per heavy atom. The molecule has 0 aromatic heterocycles. The van der Waals surface area contributed by atoms with Gasteiger partial charge in [0, 0.05) is 39.1 Å². The molecule has 30 heavy (non-hydrogen) atoms. The Bertz CT molecular complexity index is 893. The summed E-state index contributed by atoms with van der Waals surface area (Å²) < 4.78 is 11.4. The molecule has 0 aliphatic carbocycles. The number of carbonyl (C=O) groups is 1. The smallest absolute Gasteiger partial charge is 0.227 e. The highest BCUT2D eigenvalue weighted by atomic mass is 35.5. The number of carbonyl (C=O) groups excluding carboxylic acids is 1. The number of fused-ring (bicyclic) bond motifs is 1. The van der Waals surface area contributed by atoms with Gasteiger partial charge in [-0.05, 0) is 23.3 Å². The SMILES string of the molecule is O=C(Cc1cc(Cl)c2c(c1)OCCCO2)N1CCN(C/C=C/c2ccccc2)CC1. The summed E-state index contributed by atoms with van der Waals surface area (Å²) in [6, 6.07) is 14.0. The third kappa shape index (κ3) is 5.35. The Morgan fingerprint density at radius 2 is 1.80 bits per heavy atom. The highest BCUT2D eigenvalue weighted by Gasteiger charge is 2.22. The molecule has 2 aromatic rings. The van der Waals surface area contributed by atoms with Gasteiger partial charge in [0.2, 0.25) is 5.91 Å². The van der Waals surface area contributed by atoms with Crippen molar-refractivity contribution in [1.29, 1.82) is 0 Å². The molecule has 0 bridgehead atoms. The number of hydrogen-bond donors (Lipinski definition) is 0. The molecule has 0 unspecified atom stereocenters. The number of nitrogens with zero attached hydrogens (tertiary/aromatic N) is 2. The van der Waals surface area contributed by atoms with Crippen LogP contribution in [0.5, 0.6) is 11.5 Å². The Morgan fingerprint density at radius 3 is 2.60 bits per heavy atom. The van der Waals surface area contributed by atoms with Crippen LogP contribution in [0.3, 0.4) is 0 Å². The standard InChI is InChI=1S/C24H27ClN2O3/c25-21-16-20(17-22-24(21)30-15-5-14-29-22)18-23(28)27-12-10-26(11-13-27)9-4-8-19-6-2-1-3-7-19/h1-4,6-8,16-17H,5,9-15,18H2/b8-4+. The molecule has 0 saturated carbocycles. The van der Waals surface area contributed by atoms with Gasteiger partial charge in [0.15, 0.2) is 11.5 Å². The molecule has 0 N–H and O–H groups in total. The van der Waals surface area contributed by atoms with E-state index in [1.165, 1.54) is 5.56 Å². The summed E-state index contributed by atoms with van der Waals surface area (Å²) in [5.74, 6) is 1.35.